The lowest BCUT2D eigenvalue weighted by atomic mass is 9.92. The molecule has 84 valence electrons. The van der Waals surface area contributed by atoms with Crippen LogP contribution in [0.25, 0.3) is 0 Å². The molecule has 15 heavy (non-hydrogen) atoms. The van der Waals surface area contributed by atoms with Gasteiger partial charge in [0.1, 0.15) is 5.75 Å². The van der Waals surface area contributed by atoms with Crippen LogP contribution in [0.15, 0.2) is 18.2 Å². The van der Waals surface area contributed by atoms with Gasteiger partial charge >= 0.3 is 0 Å². The molecule has 1 rings (SSSR count). The molecular formula is C13H21NO. The van der Waals surface area contributed by atoms with E-state index in [0.29, 0.717) is 0 Å². The molecule has 1 aromatic rings. The molecule has 0 aliphatic heterocycles. The predicted molar refractivity (Wildman–Crippen MR) is 64.6 cm³/mol. The summed E-state index contributed by atoms with van der Waals surface area (Å²) in [6, 6.07) is 6.22. The van der Waals surface area contributed by atoms with Crippen LogP contribution in [0.3, 0.4) is 0 Å². The molecule has 0 atom stereocenters. The van der Waals surface area contributed by atoms with Crippen LogP contribution in [0.5, 0.6) is 5.75 Å². The minimum absolute atomic E-state index is 0.122. The van der Waals surface area contributed by atoms with Crippen molar-refractivity contribution in [1.29, 1.82) is 0 Å². The van der Waals surface area contributed by atoms with Gasteiger partial charge in [0.15, 0.2) is 0 Å². The van der Waals surface area contributed by atoms with Gasteiger partial charge in [-0.15, -0.1) is 0 Å². The van der Waals surface area contributed by atoms with E-state index in [9.17, 15) is 0 Å². The van der Waals surface area contributed by atoms with E-state index in [1.54, 1.807) is 7.11 Å². The van der Waals surface area contributed by atoms with E-state index in [0.717, 1.165) is 12.2 Å². The van der Waals surface area contributed by atoms with Crippen LogP contribution in [0.1, 0.15) is 25.0 Å². The van der Waals surface area contributed by atoms with Crippen molar-refractivity contribution in [2.75, 3.05) is 14.2 Å². The monoisotopic (exact) mass is 207 g/mol. The van der Waals surface area contributed by atoms with Gasteiger partial charge in [-0.1, -0.05) is 12.1 Å². The molecule has 0 saturated heterocycles. The predicted octanol–water partition coefficient (Wildman–Crippen LogP) is 2.54. The van der Waals surface area contributed by atoms with Gasteiger partial charge in [-0.25, -0.2) is 0 Å². The number of ether oxygens (including phenoxy) is 1. The highest BCUT2D eigenvalue weighted by Gasteiger charge is 2.17. The van der Waals surface area contributed by atoms with Crippen molar-refractivity contribution >= 4 is 0 Å². The zero-order valence-electron chi connectivity index (χ0n) is 10.3. The second-order valence-corrected chi connectivity index (χ2v) is 4.56. The first-order valence-corrected chi connectivity index (χ1v) is 5.31. The molecule has 0 unspecified atom stereocenters. The summed E-state index contributed by atoms with van der Waals surface area (Å²) < 4.78 is 5.31. The molecule has 0 aliphatic rings. The summed E-state index contributed by atoms with van der Waals surface area (Å²) in [6.45, 7) is 6.51. The Morgan fingerprint density at radius 1 is 1.33 bits per heavy atom. The van der Waals surface area contributed by atoms with Gasteiger partial charge < -0.3 is 10.1 Å². The van der Waals surface area contributed by atoms with E-state index in [1.165, 1.54) is 11.1 Å². The quantitative estimate of drug-likeness (QED) is 0.819. The standard InChI is InChI=1S/C13H21NO/c1-10-11(9-13(2,3)14-4)7-6-8-12(10)15-5/h6-8,14H,9H2,1-5H3. The van der Waals surface area contributed by atoms with Gasteiger partial charge in [0.05, 0.1) is 7.11 Å². The second-order valence-electron chi connectivity index (χ2n) is 4.56. The average Bonchev–Trinajstić information content (AvgIpc) is 2.21. The van der Waals surface area contributed by atoms with Crippen molar-refractivity contribution in [1.82, 2.24) is 5.32 Å². The highest BCUT2D eigenvalue weighted by Crippen LogP contribution is 2.24. The van der Waals surface area contributed by atoms with Crippen molar-refractivity contribution in [2.45, 2.75) is 32.7 Å². The molecule has 0 fully saturated rings. The molecule has 1 N–H and O–H groups in total. The molecule has 0 amide bonds. The molecule has 0 radical (unpaired) electrons. The summed E-state index contributed by atoms with van der Waals surface area (Å²) in [5.41, 5.74) is 2.70. The highest BCUT2D eigenvalue weighted by molar-refractivity contribution is 5.39. The number of benzene rings is 1. The second kappa shape index (κ2) is 4.67. The summed E-state index contributed by atoms with van der Waals surface area (Å²) in [5.74, 6) is 0.972. The fourth-order valence-electron chi connectivity index (χ4n) is 1.64. The zero-order chi connectivity index (χ0) is 11.5. The van der Waals surface area contributed by atoms with Crippen LogP contribution in [0, 0.1) is 6.92 Å². The topological polar surface area (TPSA) is 21.3 Å². The van der Waals surface area contributed by atoms with E-state index >= 15 is 0 Å². The van der Waals surface area contributed by atoms with Crippen LogP contribution in [-0.2, 0) is 6.42 Å². The summed E-state index contributed by atoms with van der Waals surface area (Å²) >= 11 is 0. The normalized spacial score (nSPS) is 11.5. The minimum atomic E-state index is 0.122. The summed E-state index contributed by atoms with van der Waals surface area (Å²) in [7, 11) is 3.71. The number of nitrogens with one attached hydrogen (secondary N) is 1. The van der Waals surface area contributed by atoms with Crippen molar-refractivity contribution < 1.29 is 4.74 Å². The van der Waals surface area contributed by atoms with E-state index in [4.69, 9.17) is 4.74 Å². The summed E-state index contributed by atoms with van der Waals surface area (Å²) in [4.78, 5) is 0. The minimum Gasteiger partial charge on any atom is -0.496 e. The van der Waals surface area contributed by atoms with Gasteiger partial charge in [0.2, 0.25) is 0 Å². The van der Waals surface area contributed by atoms with Gasteiger partial charge in [-0.05, 0) is 51.4 Å². The van der Waals surface area contributed by atoms with Gasteiger partial charge in [0.25, 0.3) is 0 Å². The van der Waals surface area contributed by atoms with Crippen LogP contribution in [-0.4, -0.2) is 19.7 Å². The van der Waals surface area contributed by atoms with E-state index < -0.39 is 0 Å². The third-order valence-electron chi connectivity index (χ3n) is 2.93. The van der Waals surface area contributed by atoms with E-state index in [2.05, 4.69) is 32.2 Å². The Morgan fingerprint density at radius 2 is 2.00 bits per heavy atom. The molecule has 0 bridgehead atoms. The molecule has 0 aliphatic carbocycles. The fourth-order valence-corrected chi connectivity index (χ4v) is 1.64. The first-order valence-electron chi connectivity index (χ1n) is 5.31. The van der Waals surface area contributed by atoms with Gasteiger partial charge in [-0.2, -0.15) is 0 Å². The molecule has 0 heterocycles. The fraction of sp³-hybridized carbons (Fsp3) is 0.538. The first-order chi connectivity index (χ1) is 7.00. The molecule has 0 aromatic heterocycles. The lowest BCUT2D eigenvalue weighted by Gasteiger charge is -2.25. The molecule has 0 saturated carbocycles. The highest BCUT2D eigenvalue weighted by atomic mass is 16.5. The molecule has 2 heteroatoms. The molecular weight excluding hydrogens is 186 g/mol. The van der Waals surface area contributed by atoms with E-state index in [-0.39, 0.29) is 5.54 Å². The Kier molecular flexibility index (Phi) is 3.75. The lowest BCUT2D eigenvalue weighted by molar-refractivity contribution is 0.404. The van der Waals surface area contributed by atoms with Crippen LogP contribution in [0.2, 0.25) is 0 Å². The molecule has 2 nitrogen and oxygen atoms in total. The van der Waals surface area contributed by atoms with Gasteiger partial charge in [-0.3, -0.25) is 0 Å². The van der Waals surface area contributed by atoms with Crippen LogP contribution >= 0.6 is 0 Å². The SMILES string of the molecule is CNC(C)(C)Cc1cccc(OC)c1C. The summed E-state index contributed by atoms with van der Waals surface area (Å²) in [5, 5.41) is 3.31. The van der Waals surface area contributed by atoms with E-state index in [1.807, 2.05) is 19.2 Å². The molecule has 0 spiro atoms. The molecule has 1 aromatic carbocycles. The number of methoxy groups -OCH3 is 1. The Bertz CT molecular complexity index is 331. The Balaban J connectivity index is 2.95. The van der Waals surface area contributed by atoms with Crippen molar-refractivity contribution in [3.8, 4) is 5.75 Å². The Hall–Kier alpha value is -1.02. The Morgan fingerprint density at radius 3 is 2.53 bits per heavy atom. The largest absolute Gasteiger partial charge is 0.496 e. The average molecular weight is 207 g/mol. The first kappa shape index (κ1) is 12.1. The maximum Gasteiger partial charge on any atom is 0.122 e. The van der Waals surface area contributed by atoms with Crippen molar-refractivity contribution in [3.63, 3.8) is 0 Å². The lowest BCUT2D eigenvalue weighted by Crippen LogP contribution is -2.38. The summed E-state index contributed by atoms with van der Waals surface area (Å²) in [6.07, 6.45) is 1.01. The smallest absolute Gasteiger partial charge is 0.122 e. The number of hydrogen-bond acceptors (Lipinski definition) is 2. The van der Waals surface area contributed by atoms with Gasteiger partial charge in [0, 0.05) is 5.54 Å². The maximum absolute atomic E-state index is 5.31. The third kappa shape index (κ3) is 2.96. The van der Waals surface area contributed by atoms with Crippen LogP contribution in [0.4, 0.5) is 0 Å². The maximum atomic E-state index is 5.31. The third-order valence-corrected chi connectivity index (χ3v) is 2.93. The number of hydrogen-bond donors (Lipinski definition) is 1. The van der Waals surface area contributed by atoms with Crippen molar-refractivity contribution in [3.05, 3.63) is 29.3 Å². The zero-order valence-corrected chi connectivity index (χ0v) is 10.3. The Labute approximate surface area is 92.6 Å². The van der Waals surface area contributed by atoms with Crippen LogP contribution < -0.4 is 10.1 Å². The number of rotatable bonds is 4. The van der Waals surface area contributed by atoms with Crippen molar-refractivity contribution in [2.24, 2.45) is 0 Å². The number of likely N-dealkylation sites (N-methyl/N-ethyl adjacent to an activating group) is 1.